The molecule has 0 aliphatic heterocycles. The number of diazo groups is 2. The van der Waals surface area contributed by atoms with Crippen LogP contribution >= 0.6 is 0 Å². The lowest BCUT2D eigenvalue weighted by Gasteiger charge is -2.18. The van der Waals surface area contributed by atoms with Gasteiger partial charge in [-0.2, -0.15) is 16.8 Å². The molecule has 6 rings (SSSR count). The van der Waals surface area contributed by atoms with E-state index < -0.39 is 70.1 Å². The maximum Gasteiger partial charge on any atom is 0.378 e. The Kier molecular flexibility index (Phi) is 7.97. The minimum atomic E-state index is -5.07. The van der Waals surface area contributed by atoms with Gasteiger partial charge in [-0.3, -0.25) is 4.79 Å². The Bertz CT molecular complexity index is 2670. The summed E-state index contributed by atoms with van der Waals surface area (Å²) in [5.74, 6) is -5.49. The fourth-order valence-electron chi connectivity index (χ4n) is 5.12. The van der Waals surface area contributed by atoms with E-state index in [4.69, 9.17) is 19.2 Å². The molecule has 0 aromatic heterocycles. The second-order valence-electron chi connectivity index (χ2n) is 10.3. The Labute approximate surface area is 277 Å². The number of nitrogens with zero attached hydrogens (tertiary/aromatic N) is 4. The zero-order chi connectivity index (χ0) is 35.1. The molecule has 16 heteroatoms. The Morgan fingerprint density at radius 3 is 1.57 bits per heavy atom. The van der Waals surface area contributed by atoms with Gasteiger partial charge in [-0.15, -0.1) is 0 Å². The van der Waals surface area contributed by atoms with E-state index in [9.17, 15) is 36.9 Å². The van der Waals surface area contributed by atoms with Crippen molar-refractivity contribution in [2.45, 2.75) is 9.79 Å². The third-order valence-electron chi connectivity index (χ3n) is 7.41. The molecule has 0 saturated heterocycles. The fourth-order valence-corrected chi connectivity index (χ4v) is 7.45. The number of aromatic hydroxyl groups is 1. The van der Waals surface area contributed by atoms with Gasteiger partial charge in [0.05, 0.1) is 5.56 Å². The van der Waals surface area contributed by atoms with E-state index in [1.54, 1.807) is 6.07 Å². The number of rotatable bonds is 8. The summed E-state index contributed by atoms with van der Waals surface area (Å²) in [6, 6.07) is 21.0. The fraction of sp³-hybridized carbons (Fsp3) is 0. The van der Waals surface area contributed by atoms with E-state index in [1.165, 1.54) is 60.7 Å². The summed E-state index contributed by atoms with van der Waals surface area (Å²) in [5, 5.41) is 54.0. The third kappa shape index (κ3) is 5.63. The molecular weight excluding hydrogens is 677 g/mol. The maximum atomic E-state index is 13.9. The molecule has 0 bridgehead atoms. The molecule has 0 saturated carbocycles. The summed E-state index contributed by atoms with van der Waals surface area (Å²) in [5.41, 5.74) is -1.23. The zero-order valence-electron chi connectivity index (χ0n) is 24.5. The first-order valence-corrected chi connectivity index (χ1v) is 16.7. The van der Waals surface area contributed by atoms with Crippen molar-refractivity contribution in [1.29, 1.82) is 10.8 Å². The number of fused-ring (bicyclic) bond motifs is 2. The molecule has 0 atom stereocenters. The summed E-state index contributed by atoms with van der Waals surface area (Å²) in [6.45, 7) is 0. The highest BCUT2D eigenvalue weighted by Gasteiger charge is 2.32. The van der Waals surface area contributed by atoms with Crippen molar-refractivity contribution in [3.63, 3.8) is 0 Å². The lowest BCUT2D eigenvalue weighted by molar-refractivity contribution is -0.265. The Morgan fingerprint density at radius 1 is 0.592 bits per heavy atom. The van der Waals surface area contributed by atoms with E-state index in [1.807, 2.05) is 0 Å². The summed E-state index contributed by atoms with van der Waals surface area (Å²) < 4.78 is 66.1. The number of hydrogen-bond acceptors (Lipinski definition) is 12. The summed E-state index contributed by atoms with van der Waals surface area (Å²) in [4.78, 5) is 18.3. The molecule has 242 valence electrons. The Hall–Kier alpha value is -6.75. The highest BCUT2D eigenvalue weighted by Crippen LogP contribution is 2.45. The van der Waals surface area contributed by atoms with E-state index in [0.29, 0.717) is 0 Å². The van der Waals surface area contributed by atoms with Crippen LogP contribution in [0.2, 0.25) is 0 Å². The minimum Gasteiger partial charge on any atom is -0.867 e. The summed E-state index contributed by atoms with van der Waals surface area (Å²) in [6.07, 6.45) is 0. The van der Waals surface area contributed by atoms with Crippen LogP contribution < -0.4 is 18.6 Å². The minimum absolute atomic E-state index is 0.0350. The van der Waals surface area contributed by atoms with E-state index >= 15 is 0 Å². The molecule has 0 unspecified atom stereocenters. The second kappa shape index (κ2) is 12.1. The van der Waals surface area contributed by atoms with E-state index in [0.717, 1.165) is 36.4 Å². The van der Waals surface area contributed by atoms with Gasteiger partial charge in [0, 0.05) is 28.5 Å². The van der Waals surface area contributed by atoms with Crippen molar-refractivity contribution in [3.05, 3.63) is 124 Å². The molecule has 0 aliphatic carbocycles. The predicted octanol–water partition coefficient (Wildman–Crippen LogP) is 5.58. The monoisotopic (exact) mass is 694 g/mol. The van der Waals surface area contributed by atoms with Gasteiger partial charge < -0.3 is 23.7 Å². The molecule has 6 aromatic rings. The lowest BCUT2D eigenvalue weighted by atomic mass is 10.0. The molecule has 0 fully saturated rings. The first kappa shape index (κ1) is 32.2. The Morgan fingerprint density at radius 2 is 1.08 bits per heavy atom. The van der Waals surface area contributed by atoms with Crippen LogP contribution in [-0.4, -0.2) is 27.7 Å². The molecule has 0 amide bonds. The van der Waals surface area contributed by atoms with Gasteiger partial charge in [0.25, 0.3) is 0 Å². The number of phenols is 1. The van der Waals surface area contributed by atoms with Crippen LogP contribution in [0.1, 0.15) is 15.9 Å². The van der Waals surface area contributed by atoms with Gasteiger partial charge in [-0.25, -0.2) is 0 Å². The first-order valence-electron chi connectivity index (χ1n) is 13.9. The first-order chi connectivity index (χ1) is 23.4. The largest absolute Gasteiger partial charge is 0.867 e. The maximum absolute atomic E-state index is 13.9. The van der Waals surface area contributed by atoms with Crippen molar-refractivity contribution in [3.8, 4) is 28.7 Å². The van der Waals surface area contributed by atoms with Gasteiger partial charge in [0.15, 0.2) is 21.5 Å². The van der Waals surface area contributed by atoms with Crippen LogP contribution in [-0.2, 0) is 20.2 Å². The van der Waals surface area contributed by atoms with Crippen molar-refractivity contribution in [2.24, 2.45) is 0 Å². The smallest absolute Gasteiger partial charge is 0.378 e. The molecule has 0 spiro atoms. The predicted molar refractivity (Wildman–Crippen MR) is 170 cm³/mol. The highest BCUT2D eigenvalue weighted by atomic mass is 32.2. The topological polar surface area (TPSA) is 226 Å². The SMILES string of the molecule is N#[N+]c1ccc2c(S(=O)(=O)Oc3c(O)ccc(C(=O)c4ccccc4)c3OS(=O)(=O)c3cccc4c([O-])c([N+]#N)ccc34)cccc2c1[O-]. The van der Waals surface area contributed by atoms with Crippen LogP contribution in [0.25, 0.3) is 31.5 Å². The molecule has 14 nitrogen and oxygen atoms in total. The van der Waals surface area contributed by atoms with Crippen molar-refractivity contribution < 1.29 is 45.3 Å². The van der Waals surface area contributed by atoms with E-state index in [2.05, 4.69) is 9.95 Å². The zero-order valence-corrected chi connectivity index (χ0v) is 26.2. The van der Waals surface area contributed by atoms with Crippen molar-refractivity contribution in [2.75, 3.05) is 0 Å². The van der Waals surface area contributed by atoms with E-state index in [-0.39, 0.29) is 38.5 Å². The number of carbonyl (C=O) groups is 1. The van der Waals surface area contributed by atoms with Crippen LogP contribution in [0.4, 0.5) is 11.4 Å². The number of ketones is 1. The van der Waals surface area contributed by atoms with Gasteiger partial charge in [-0.05, 0) is 58.7 Å². The quantitative estimate of drug-likeness (QED) is 0.117. The standard InChI is InChI=1S/C33H18N4O10S2/c34-36-24-15-12-19-21(30(24)40)8-4-10-27(19)48(42,43)46-32-23(29(39)18-6-2-1-3-7-18)14-17-26(38)33(32)47-49(44,45)28-11-5-9-22-20(28)13-16-25(37-35)31(22)41/h1-17H,(H-2,38,39,40,41). The average molecular weight is 695 g/mol. The molecule has 6 aromatic carbocycles. The molecule has 0 aliphatic rings. The molecule has 0 radical (unpaired) electrons. The molecular formula is C33H18N4O10S2. The summed E-state index contributed by atoms with van der Waals surface area (Å²) in [7, 11) is -10.1. The van der Waals surface area contributed by atoms with Gasteiger partial charge >= 0.3 is 31.6 Å². The Balaban J connectivity index is 1.55. The number of carbonyl (C=O) groups excluding carboxylic acids is 1. The van der Waals surface area contributed by atoms with Crippen molar-refractivity contribution >= 4 is 58.9 Å². The van der Waals surface area contributed by atoms with Crippen molar-refractivity contribution in [1.82, 2.24) is 0 Å². The van der Waals surface area contributed by atoms with Crippen LogP contribution in [0.5, 0.6) is 28.7 Å². The van der Waals surface area contributed by atoms with Crippen LogP contribution in [0.15, 0.2) is 113 Å². The summed E-state index contributed by atoms with van der Waals surface area (Å²) >= 11 is 0. The van der Waals surface area contributed by atoms with Gasteiger partial charge in [0.1, 0.15) is 9.79 Å². The molecule has 1 N–H and O–H groups in total. The number of hydrogen-bond donors (Lipinski definition) is 1. The third-order valence-corrected chi connectivity index (χ3v) is 9.98. The van der Waals surface area contributed by atoms with Crippen LogP contribution in [0, 0.1) is 10.8 Å². The van der Waals surface area contributed by atoms with Gasteiger partial charge in [-0.1, -0.05) is 54.6 Å². The number of phenolic OH excluding ortho intramolecular Hbond substituents is 1. The number of benzene rings is 6. The normalized spacial score (nSPS) is 11.5. The van der Waals surface area contributed by atoms with Gasteiger partial charge in [0.2, 0.25) is 22.3 Å². The highest BCUT2D eigenvalue weighted by molar-refractivity contribution is 7.87. The van der Waals surface area contributed by atoms with Crippen LogP contribution in [0.3, 0.4) is 0 Å². The second-order valence-corrected chi connectivity index (χ2v) is 13.3. The molecule has 49 heavy (non-hydrogen) atoms. The lowest BCUT2D eigenvalue weighted by Crippen LogP contribution is -2.17. The molecule has 0 heterocycles. The average Bonchev–Trinajstić information content (AvgIpc) is 3.10.